The predicted molar refractivity (Wildman–Crippen MR) is 79.9 cm³/mol. The van der Waals surface area contributed by atoms with Crippen LogP contribution in [-0.4, -0.2) is 18.9 Å². The number of Topliss-reactive ketones (excluding diaryl/α,β-unsaturated/α-hetero) is 1. The Bertz CT molecular complexity index is 420. The van der Waals surface area contributed by atoms with Gasteiger partial charge in [0, 0.05) is 12.0 Å². The van der Waals surface area contributed by atoms with Crippen LogP contribution in [0.1, 0.15) is 61.4 Å². The number of unbranched alkanes of at least 4 members (excludes halogenated alkanes) is 3. The van der Waals surface area contributed by atoms with Gasteiger partial charge in [-0.15, -0.1) is 0 Å². The average Bonchev–Trinajstić information content (AvgIpc) is 2.49. The van der Waals surface area contributed by atoms with Gasteiger partial charge in [-0.3, -0.25) is 9.59 Å². The summed E-state index contributed by atoms with van der Waals surface area (Å²) in [6.07, 6.45) is 6.41. The van der Waals surface area contributed by atoms with Gasteiger partial charge >= 0.3 is 5.97 Å². The summed E-state index contributed by atoms with van der Waals surface area (Å²) in [5, 5.41) is 0. The van der Waals surface area contributed by atoms with Crippen molar-refractivity contribution in [2.75, 3.05) is 7.11 Å². The maximum atomic E-state index is 11.9. The number of carbonyl (C=O) groups is 2. The van der Waals surface area contributed by atoms with E-state index in [2.05, 4.69) is 11.7 Å². The molecule has 0 bridgehead atoms. The first-order chi connectivity index (χ1) is 9.67. The summed E-state index contributed by atoms with van der Waals surface area (Å²) in [5.41, 5.74) is 1.94. The second kappa shape index (κ2) is 9.29. The fourth-order valence-electron chi connectivity index (χ4n) is 2.08. The van der Waals surface area contributed by atoms with Crippen LogP contribution in [0.25, 0.3) is 0 Å². The van der Waals surface area contributed by atoms with Crippen LogP contribution in [-0.2, 0) is 16.0 Å². The number of hydrogen-bond acceptors (Lipinski definition) is 3. The minimum atomic E-state index is -0.342. The largest absolute Gasteiger partial charge is 0.469 e. The molecule has 1 aromatic rings. The SMILES string of the molecule is CCCCCCc1ccc(C(=O)CCC(=O)OC)cc1. The molecule has 0 aliphatic carbocycles. The highest BCUT2D eigenvalue weighted by atomic mass is 16.5. The molecule has 0 saturated carbocycles. The van der Waals surface area contributed by atoms with Gasteiger partial charge in [-0.25, -0.2) is 0 Å². The number of methoxy groups -OCH3 is 1. The van der Waals surface area contributed by atoms with Gasteiger partial charge in [0.1, 0.15) is 0 Å². The number of ether oxygens (including phenoxy) is 1. The number of ketones is 1. The lowest BCUT2D eigenvalue weighted by Gasteiger charge is -2.04. The van der Waals surface area contributed by atoms with Crippen LogP contribution in [0.2, 0.25) is 0 Å². The van der Waals surface area contributed by atoms with E-state index in [0.29, 0.717) is 5.56 Å². The number of rotatable bonds is 9. The van der Waals surface area contributed by atoms with Crippen LogP contribution < -0.4 is 0 Å². The first-order valence-corrected chi connectivity index (χ1v) is 7.36. The van der Waals surface area contributed by atoms with Crippen molar-refractivity contribution < 1.29 is 14.3 Å². The van der Waals surface area contributed by atoms with Crippen molar-refractivity contribution in [1.82, 2.24) is 0 Å². The van der Waals surface area contributed by atoms with E-state index >= 15 is 0 Å². The molecular weight excluding hydrogens is 252 g/mol. The maximum absolute atomic E-state index is 11.9. The molecule has 0 saturated heterocycles. The fourth-order valence-corrected chi connectivity index (χ4v) is 2.08. The first-order valence-electron chi connectivity index (χ1n) is 7.36. The summed E-state index contributed by atoms with van der Waals surface area (Å²) in [4.78, 5) is 22.9. The van der Waals surface area contributed by atoms with E-state index in [1.54, 1.807) is 0 Å². The highest BCUT2D eigenvalue weighted by molar-refractivity contribution is 5.97. The Morgan fingerprint density at radius 2 is 1.70 bits per heavy atom. The molecule has 0 atom stereocenters. The second-order valence-corrected chi connectivity index (χ2v) is 5.01. The summed E-state index contributed by atoms with van der Waals surface area (Å²) in [6.45, 7) is 2.20. The highest BCUT2D eigenvalue weighted by Crippen LogP contribution is 2.12. The zero-order chi connectivity index (χ0) is 14.8. The average molecular weight is 276 g/mol. The van der Waals surface area contributed by atoms with Crippen molar-refractivity contribution in [2.45, 2.75) is 51.9 Å². The maximum Gasteiger partial charge on any atom is 0.305 e. The number of carbonyl (C=O) groups excluding carboxylic acids is 2. The Kier molecular flexibility index (Phi) is 7.63. The van der Waals surface area contributed by atoms with Crippen LogP contribution in [0.15, 0.2) is 24.3 Å². The van der Waals surface area contributed by atoms with Gasteiger partial charge < -0.3 is 4.74 Å². The molecule has 110 valence electrons. The van der Waals surface area contributed by atoms with Crippen molar-refractivity contribution in [2.24, 2.45) is 0 Å². The van der Waals surface area contributed by atoms with E-state index in [4.69, 9.17) is 0 Å². The smallest absolute Gasteiger partial charge is 0.305 e. The third kappa shape index (κ3) is 6.00. The molecule has 0 radical (unpaired) electrons. The van der Waals surface area contributed by atoms with E-state index in [9.17, 15) is 9.59 Å². The van der Waals surface area contributed by atoms with Crippen LogP contribution in [0, 0.1) is 0 Å². The predicted octanol–water partition coefficient (Wildman–Crippen LogP) is 3.95. The molecule has 3 nitrogen and oxygen atoms in total. The number of benzene rings is 1. The van der Waals surface area contributed by atoms with Crippen LogP contribution in [0.5, 0.6) is 0 Å². The molecule has 0 heterocycles. The topological polar surface area (TPSA) is 43.4 Å². The van der Waals surface area contributed by atoms with Gasteiger partial charge in [0.05, 0.1) is 13.5 Å². The zero-order valence-corrected chi connectivity index (χ0v) is 12.5. The molecule has 0 spiro atoms. The summed E-state index contributed by atoms with van der Waals surface area (Å²) in [7, 11) is 1.33. The fraction of sp³-hybridized carbons (Fsp3) is 0.529. The molecule has 0 amide bonds. The molecule has 0 N–H and O–H groups in total. The van der Waals surface area contributed by atoms with E-state index in [1.165, 1.54) is 38.4 Å². The summed E-state index contributed by atoms with van der Waals surface area (Å²) in [6, 6.07) is 7.73. The minimum Gasteiger partial charge on any atom is -0.469 e. The molecule has 0 unspecified atom stereocenters. The molecule has 3 heteroatoms. The van der Waals surface area contributed by atoms with E-state index in [-0.39, 0.29) is 24.6 Å². The van der Waals surface area contributed by atoms with Crippen LogP contribution in [0.4, 0.5) is 0 Å². The van der Waals surface area contributed by atoms with Gasteiger partial charge in [0.25, 0.3) is 0 Å². The van der Waals surface area contributed by atoms with Crippen LogP contribution in [0.3, 0.4) is 0 Å². The molecule has 0 aliphatic heterocycles. The Morgan fingerprint density at radius 3 is 2.30 bits per heavy atom. The minimum absolute atomic E-state index is 0.00654. The Balaban J connectivity index is 2.41. The Hall–Kier alpha value is -1.64. The summed E-state index contributed by atoms with van der Waals surface area (Å²) < 4.78 is 4.53. The lowest BCUT2D eigenvalue weighted by molar-refractivity contribution is -0.140. The van der Waals surface area contributed by atoms with Gasteiger partial charge in [-0.05, 0) is 18.4 Å². The number of hydrogen-bond donors (Lipinski definition) is 0. The quantitative estimate of drug-likeness (QED) is 0.390. The van der Waals surface area contributed by atoms with E-state index < -0.39 is 0 Å². The third-order valence-electron chi connectivity index (χ3n) is 3.38. The van der Waals surface area contributed by atoms with Gasteiger partial charge in [0.15, 0.2) is 5.78 Å². The summed E-state index contributed by atoms with van der Waals surface area (Å²) in [5.74, 6) is -0.348. The Labute approximate surface area is 121 Å². The monoisotopic (exact) mass is 276 g/mol. The van der Waals surface area contributed by atoms with Gasteiger partial charge in [0.2, 0.25) is 0 Å². The molecular formula is C17H24O3. The molecule has 1 aromatic carbocycles. The third-order valence-corrected chi connectivity index (χ3v) is 3.38. The van der Waals surface area contributed by atoms with E-state index in [1.807, 2.05) is 24.3 Å². The van der Waals surface area contributed by atoms with Crippen molar-refractivity contribution in [3.8, 4) is 0 Å². The van der Waals surface area contributed by atoms with E-state index in [0.717, 1.165) is 6.42 Å². The van der Waals surface area contributed by atoms with Crippen molar-refractivity contribution in [3.05, 3.63) is 35.4 Å². The van der Waals surface area contributed by atoms with Crippen molar-refractivity contribution >= 4 is 11.8 Å². The van der Waals surface area contributed by atoms with Crippen molar-refractivity contribution in [3.63, 3.8) is 0 Å². The van der Waals surface area contributed by atoms with Crippen LogP contribution >= 0.6 is 0 Å². The zero-order valence-electron chi connectivity index (χ0n) is 12.5. The molecule has 20 heavy (non-hydrogen) atoms. The summed E-state index contributed by atoms with van der Waals surface area (Å²) >= 11 is 0. The molecule has 0 aromatic heterocycles. The normalized spacial score (nSPS) is 10.3. The number of esters is 1. The Morgan fingerprint density at radius 1 is 1.00 bits per heavy atom. The van der Waals surface area contributed by atoms with Gasteiger partial charge in [-0.2, -0.15) is 0 Å². The lowest BCUT2D eigenvalue weighted by Crippen LogP contribution is -2.06. The number of aryl methyl sites for hydroxylation is 1. The van der Waals surface area contributed by atoms with Gasteiger partial charge in [-0.1, -0.05) is 50.5 Å². The molecule has 1 rings (SSSR count). The first kappa shape index (κ1) is 16.4. The van der Waals surface area contributed by atoms with Crippen molar-refractivity contribution in [1.29, 1.82) is 0 Å². The molecule has 0 aliphatic rings. The highest BCUT2D eigenvalue weighted by Gasteiger charge is 2.09. The second-order valence-electron chi connectivity index (χ2n) is 5.01. The standard InChI is InChI=1S/C17H24O3/c1-3-4-5-6-7-14-8-10-15(11-9-14)16(18)12-13-17(19)20-2/h8-11H,3-7,12-13H2,1-2H3. The molecule has 0 fully saturated rings. The lowest BCUT2D eigenvalue weighted by atomic mass is 10.0.